The third kappa shape index (κ3) is 9.73. The van der Waals surface area contributed by atoms with Crippen molar-refractivity contribution in [3.8, 4) is 12.3 Å². The second-order valence-electron chi connectivity index (χ2n) is 16.2. The van der Waals surface area contributed by atoms with Crippen LogP contribution in [-0.4, -0.2) is 83.6 Å². The van der Waals surface area contributed by atoms with Gasteiger partial charge in [-0.1, -0.05) is 65.7 Å². The van der Waals surface area contributed by atoms with Gasteiger partial charge in [-0.3, -0.25) is 19.2 Å². The fraction of sp³-hybridized carbons (Fsp3) is 0.800. The second-order valence-corrected chi connectivity index (χ2v) is 18.9. The molecule has 0 aromatic carbocycles. The SMILES string of the molecule is C#CCCC(NC(=O)[C@@H]1C[C@@H](C2CCCC2)CN1C(=O)[C@@H](NC(=O)NC1(CS(=O)(=O)C(C)(C)C)CCCCC1)C(C)(C)C)C(=O)C(N)=O. The predicted molar refractivity (Wildman–Crippen MR) is 184 cm³/mol. The number of nitrogens with two attached hydrogens (primary N) is 1. The lowest BCUT2D eigenvalue weighted by atomic mass is 9.83. The number of ketones is 1. The van der Waals surface area contributed by atoms with Crippen LogP contribution in [0.4, 0.5) is 4.79 Å². The minimum absolute atomic E-state index is 0.0236. The highest BCUT2D eigenvalue weighted by Gasteiger charge is 2.48. The average molecular weight is 692 g/mol. The molecule has 4 atom stereocenters. The Bertz CT molecular complexity index is 1360. The molecule has 3 fully saturated rings. The highest BCUT2D eigenvalue weighted by atomic mass is 32.2. The molecule has 270 valence electrons. The Morgan fingerprint density at radius 3 is 2.06 bits per heavy atom. The van der Waals surface area contributed by atoms with Crippen LogP contribution >= 0.6 is 0 Å². The van der Waals surface area contributed by atoms with E-state index in [0.29, 0.717) is 31.7 Å². The van der Waals surface area contributed by atoms with Gasteiger partial charge < -0.3 is 26.6 Å². The number of carbonyl (C=O) groups excluding carboxylic acids is 5. The zero-order valence-electron chi connectivity index (χ0n) is 29.7. The Morgan fingerprint density at radius 1 is 0.938 bits per heavy atom. The lowest BCUT2D eigenvalue weighted by Crippen LogP contribution is -2.63. The molecule has 1 aliphatic heterocycles. The minimum atomic E-state index is -3.57. The van der Waals surface area contributed by atoms with Gasteiger partial charge in [-0.15, -0.1) is 12.3 Å². The van der Waals surface area contributed by atoms with Crippen molar-refractivity contribution in [1.82, 2.24) is 20.9 Å². The molecule has 2 saturated carbocycles. The predicted octanol–water partition coefficient (Wildman–Crippen LogP) is 2.98. The van der Waals surface area contributed by atoms with E-state index < -0.39 is 73.2 Å². The van der Waals surface area contributed by atoms with Gasteiger partial charge >= 0.3 is 6.03 Å². The van der Waals surface area contributed by atoms with Gasteiger partial charge in [0, 0.05) is 13.0 Å². The summed E-state index contributed by atoms with van der Waals surface area (Å²) in [4.78, 5) is 67.8. The normalized spacial score (nSPS) is 23.1. The molecule has 0 spiro atoms. The van der Waals surface area contributed by atoms with Crippen LogP contribution in [-0.2, 0) is 29.0 Å². The number of terminal acetylenes is 1. The number of likely N-dealkylation sites (tertiary alicyclic amines) is 1. The van der Waals surface area contributed by atoms with Gasteiger partial charge in [-0.25, -0.2) is 13.2 Å². The summed E-state index contributed by atoms with van der Waals surface area (Å²) >= 11 is 0. The van der Waals surface area contributed by atoms with Crippen molar-refractivity contribution in [2.75, 3.05) is 12.3 Å². The molecular weight excluding hydrogens is 634 g/mol. The zero-order valence-corrected chi connectivity index (χ0v) is 30.5. The molecule has 1 heterocycles. The molecule has 5 N–H and O–H groups in total. The molecule has 0 aromatic heterocycles. The maximum atomic E-state index is 14.5. The van der Waals surface area contributed by atoms with Crippen molar-refractivity contribution in [2.45, 2.75) is 147 Å². The topological polar surface area (TPSA) is 185 Å². The number of sulfone groups is 1. The largest absolute Gasteiger partial charge is 0.363 e. The number of amides is 5. The molecule has 3 aliphatic rings. The number of carbonyl (C=O) groups is 5. The van der Waals surface area contributed by atoms with E-state index in [1.807, 2.05) is 20.8 Å². The summed E-state index contributed by atoms with van der Waals surface area (Å²) in [7, 11) is -3.57. The van der Waals surface area contributed by atoms with Gasteiger partial charge in [0.1, 0.15) is 12.1 Å². The maximum absolute atomic E-state index is 14.5. The van der Waals surface area contributed by atoms with E-state index in [0.717, 1.165) is 44.9 Å². The summed E-state index contributed by atoms with van der Waals surface area (Å²) in [6, 6.07) is -3.84. The average Bonchev–Trinajstić information content (AvgIpc) is 3.67. The first kappa shape index (κ1) is 39.3. The Hall–Kier alpha value is -3.14. The van der Waals surface area contributed by atoms with E-state index in [2.05, 4.69) is 21.9 Å². The quantitative estimate of drug-likeness (QED) is 0.179. The minimum Gasteiger partial charge on any atom is -0.363 e. The highest BCUT2D eigenvalue weighted by Crippen LogP contribution is 2.40. The summed E-state index contributed by atoms with van der Waals surface area (Å²) in [6.07, 6.45) is 13.6. The third-order valence-electron chi connectivity index (χ3n) is 10.4. The molecule has 0 radical (unpaired) electrons. The summed E-state index contributed by atoms with van der Waals surface area (Å²) in [6.45, 7) is 10.7. The van der Waals surface area contributed by atoms with Crippen LogP contribution in [0, 0.1) is 29.6 Å². The van der Waals surface area contributed by atoms with E-state index in [1.54, 1.807) is 20.8 Å². The lowest BCUT2D eigenvalue weighted by Gasteiger charge is -2.41. The molecule has 48 heavy (non-hydrogen) atoms. The van der Waals surface area contributed by atoms with Gasteiger partial charge in [0.15, 0.2) is 9.84 Å². The zero-order chi connectivity index (χ0) is 36.1. The number of urea groups is 1. The molecule has 1 unspecified atom stereocenters. The van der Waals surface area contributed by atoms with Gasteiger partial charge in [0.25, 0.3) is 5.91 Å². The number of hydrogen-bond acceptors (Lipinski definition) is 7. The van der Waals surface area contributed by atoms with Gasteiger partial charge in [0.2, 0.25) is 17.6 Å². The molecule has 0 bridgehead atoms. The molecular formula is C35H57N5O7S. The number of rotatable bonds is 12. The summed E-state index contributed by atoms with van der Waals surface area (Å²) in [5, 5.41) is 8.51. The molecule has 12 nitrogen and oxygen atoms in total. The van der Waals surface area contributed by atoms with E-state index in [4.69, 9.17) is 12.2 Å². The van der Waals surface area contributed by atoms with Crippen molar-refractivity contribution in [3.05, 3.63) is 0 Å². The van der Waals surface area contributed by atoms with Gasteiger partial charge in [-0.2, -0.15) is 0 Å². The third-order valence-corrected chi connectivity index (χ3v) is 13.2. The number of hydrogen-bond donors (Lipinski definition) is 4. The lowest BCUT2D eigenvalue weighted by molar-refractivity contribution is -0.143. The standard InChI is InChI=1S/C35H57N5O7S/c1-8-9-17-25(27(41)29(36)42)37-30(43)26-20-24(23-15-11-12-16-23)21-40(26)31(44)28(33(2,3)4)38-32(45)39-35(18-13-10-14-19-35)22-48(46,47)34(5,6)7/h1,23-26,28H,9-22H2,2-7H3,(H2,36,42)(H,37,43)(H2,38,39,45)/t24-,25?,26+,28-/m1/s1. The monoisotopic (exact) mass is 691 g/mol. The number of Topliss-reactive ketones (excluding diaryl/α,β-unsaturated/α-hetero) is 1. The van der Waals surface area contributed by atoms with Crippen molar-refractivity contribution in [1.29, 1.82) is 0 Å². The van der Waals surface area contributed by atoms with Crippen molar-refractivity contribution < 1.29 is 32.4 Å². The smallest absolute Gasteiger partial charge is 0.315 e. The Balaban J connectivity index is 1.89. The van der Waals surface area contributed by atoms with E-state index in [9.17, 15) is 32.4 Å². The summed E-state index contributed by atoms with van der Waals surface area (Å²) in [5.41, 5.74) is 3.50. The van der Waals surface area contributed by atoms with E-state index in [-0.39, 0.29) is 24.5 Å². The van der Waals surface area contributed by atoms with Crippen LogP contribution in [0.25, 0.3) is 0 Å². The van der Waals surface area contributed by atoms with Crippen LogP contribution in [0.5, 0.6) is 0 Å². The maximum Gasteiger partial charge on any atom is 0.315 e. The van der Waals surface area contributed by atoms with E-state index in [1.165, 1.54) is 4.90 Å². The second kappa shape index (κ2) is 15.6. The molecule has 0 aromatic rings. The molecule has 2 aliphatic carbocycles. The van der Waals surface area contributed by atoms with Crippen molar-refractivity contribution >= 4 is 39.4 Å². The highest BCUT2D eigenvalue weighted by molar-refractivity contribution is 7.92. The summed E-state index contributed by atoms with van der Waals surface area (Å²) in [5.74, 6) is -0.579. The van der Waals surface area contributed by atoms with Crippen LogP contribution in [0.2, 0.25) is 0 Å². The van der Waals surface area contributed by atoms with Crippen LogP contribution in [0.3, 0.4) is 0 Å². The van der Waals surface area contributed by atoms with Crippen LogP contribution in [0.15, 0.2) is 0 Å². The molecule has 13 heteroatoms. The van der Waals surface area contributed by atoms with Gasteiger partial charge in [0.05, 0.1) is 22.1 Å². The Kier molecular flexibility index (Phi) is 12.8. The number of primary amides is 1. The first-order valence-electron chi connectivity index (χ1n) is 17.4. The van der Waals surface area contributed by atoms with E-state index >= 15 is 0 Å². The Labute approximate surface area is 286 Å². The number of nitrogens with zero attached hydrogens (tertiary/aromatic N) is 1. The van der Waals surface area contributed by atoms with Crippen molar-refractivity contribution in [3.63, 3.8) is 0 Å². The molecule has 3 rings (SSSR count). The summed E-state index contributed by atoms with van der Waals surface area (Å²) < 4.78 is 25.6. The van der Waals surface area contributed by atoms with Crippen molar-refractivity contribution in [2.24, 2.45) is 23.0 Å². The fourth-order valence-electron chi connectivity index (χ4n) is 7.40. The first-order valence-corrected chi connectivity index (χ1v) is 19.1. The van der Waals surface area contributed by atoms with Crippen LogP contribution < -0.4 is 21.7 Å². The Morgan fingerprint density at radius 2 is 1.54 bits per heavy atom. The molecule has 1 saturated heterocycles. The van der Waals surface area contributed by atoms with Gasteiger partial charge in [-0.05, 0) is 63.7 Å². The molecule has 5 amide bonds. The van der Waals surface area contributed by atoms with Crippen LogP contribution in [0.1, 0.15) is 119 Å². The number of nitrogens with one attached hydrogen (secondary N) is 3. The fourth-order valence-corrected chi connectivity index (χ4v) is 8.93. The first-order chi connectivity index (χ1) is 22.2.